The van der Waals surface area contributed by atoms with Crippen molar-refractivity contribution < 1.29 is 28.0 Å². The number of amides is 1. The Balaban J connectivity index is 5.01. The molecule has 0 aromatic carbocycles. The van der Waals surface area contributed by atoms with Gasteiger partial charge >= 0.3 is 6.21 Å². The Hall–Kier alpha value is -1.50. The summed E-state index contributed by atoms with van der Waals surface area (Å²) < 4.78 is 26.7. The van der Waals surface area contributed by atoms with E-state index in [9.17, 15) is 14.4 Å². The SMILES string of the molecule is [2H]C([2H])([2H])C(C)SC(=O)[C@H](CCC(=O)C=[N+]=[N-])NC(=O)[C@H](C)OC. The highest BCUT2D eigenvalue weighted by Crippen LogP contribution is 2.16. The van der Waals surface area contributed by atoms with Crippen molar-refractivity contribution in [3.05, 3.63) is 5.53 Å². The predicted octanol–water partition coefficient (Wildman–Crippen LogP) is 0.824. The van der Waals surface area contributed by atoms with Crippen molar-refractivity contribution in [1.82, 2.24) is 5.32 Å². The van der Waals surface area contributed by atoms with E-state index in [4.69, 9.17) is 14.4 Å². The maximum absolute atomic E-state index is 12.3. The minimum absolute atomic E-state index is 0.0490. The molecule has 0 aliphatic heterocycles. The Kier molecular flexibility index (Phi) is 7.05. The van der Waals surface area contributed by atoms with Gasteiger partial charge in [0, 0.05) is 22.9 Å². The summed E-state index contributed by atoms with van der Waals surface area (Å²) in [6.07, 6.45) is -0.309. The Bertz CT molecular complexity index is 521. The molecule has 0 saturated heterocycles. The quantitative estimate of drug-likeness (QED) is 0.384. The fraction of sp³-hybridized carbons (Fsp3) is 0.692. The molecule has 21 heavy (non-hydrogen) atoms. The Labute approximate surface area is 132 Å². The first kappa shape index (κ1) is 14.4. The van der Waals surface area contributed by atoms with Crippen LogP contribution < -0.4 is 5.32 Å². The lowest BCUT2D eigenvalue weighted by Gasteiger charge is -2.19. The first-order chi connectivity index (χ1) is 11.0. The lowest BCUT2D eigenvalue weighted by Crippen LogP contribution is -2.45. The molecule has 1 amide bonds. The highest BCUT2D eigenvalue weighted by Gasteiger charge is 2.25. The largest absolute Gasteiger partial charge is 0.372 e. The number of thioether (sulfide) groups is 1. The van der Waals surface area contributed by atoms with E-state index < -0.39 is 41.1 Å². The second kappa shape index (κ2) is 10.3. The number of carbonyl (C=O) groups excluding carboxylic acids is 3. The van der Waals surface area contributed by atoms with E-state index in [-0.39, 0.29) is 12.8 Å². The molecule has 0 fully saturated rings. The summed E-state index contributed by atoms with van der Waals surface area (Å²) in [6.45, 7) is 0.544. The van der Waals surface area contributed by atoms with E-state index in [0.717, 1.165) is 0 Å². The third kappa shape index (κ3) is 8.39. The molecule has 7 nitrogen and oxygen atoms in total. The van der Waals surface area contributed by atoms with E-state index >= 15 is 0 Å². The maximum Gasteiger partial charge on any atom is 0.323 e. The number of ether oxygens (including phenoxy) is 1. The molecule has 8 heteroatoms. The van der Waals surface area contributed by atoms with E-state index in [1.807, 2.05) is 0 Å². The van der Waals surface area contributed by atoms with Gasteiger partial charge in [-0.3, -0.25) is 14.4 Å². The van der Waals surface area contributed by atoms with Gasteiger partial charge in [0.2, 0.25) is 16.8 Å². The number of ketones is 1. The molecular formula is C13H21N3O4S. The van der Waals surface area contributed by atoms with Crippen molar-refractivity contribution in [3.8, 4) is 0 Å². The molecule has 118 valence electrons. The molecule has 0 saturated carbocycles. The van der Waals surface area contributed by atoms with Crippen LogP contribution >= 0.6 is 11.8 Å². The van der Waals surface area contributed by atoms with E-state index in [2.05, 4.69) is 10.1 Å². The smallest absolute Gasteiger partial charge is 0.323 e. The van der Waals surface area contributed by atoms with Crippen LogP contribution in [0.15, 0.2) is 0 Å². The van der Waals surface area contributed by atoms with Gasteiger partial charge in [0.1, 0.15) is 6.10 Å². The van der Waals surface area contributed by atoms with Crippen LogP contribution in [0.1, 0.15) is 37.7 Å². The molecule has 0 rings (SSSR count). The maximum atomic E-state index is 12.3. The predicted molar refractivity (Wildman–Crippen MR) is 80.1 cm³/mol. The molecule has 1 N–H and O–H groups in total. The zero-order valence-electron chi connectivity index (χ0n) is 15.2. The second-order valence-corrected chi connectivity index (χ2v) is 5.61. The van der Waals surface area contributed by atoms with Crippen LogP contribution in [0.3, 0.4) is 0 Å². The molecular weight excluding hydrogens is 294 g/mol. The topological polar surface area (TPSA) is 109 Å². The van der Waals surface area contributed by atoms with E-state index in [1.165, 1.54) is 21.0 Å². The van der Waals surface area contributed by atoms with Gasteiger partial charge in [0.05, 0.1) is 6.04 Å². The minimum atomic E-state index is -2.33. The molecule has 0 heterocycles. The van der Waals surface area contributed by atoms with Gasteiger partial charge in [-0.2, -0.15) is 4.79 Å². The summed E-state index contributed by atoms with van der Waals surface area (Å²) in [5, 5.41) is 0.920. The number of rotatable bonds is 9. The Morgan fingerprint density at radius 3 is 2.67 bits per heavy atom. The van der Waals surface area contributed by atoms with Gasteiger partial charge in [-0.05, 0) is 13.3 Å². The Morgan fingerprint density at radius 2 is 2.14 bits per heavy atom. The first-order valence-electron chi connectivity index (χ1n) is 7.76. The van der Waals surface area contributed by atoms with Crippen LogP contribution in [-0.4, -0.2) is 52.3 Å². The molecule has 1 unspecified atom stereocenters. The molecule has 0 aromatic heterocycles. The zero-order valence-corrected chi connectivity index (χ0v) is 13.0. The highest BCUT2D eigenvalue weighted by molar-refractivity contribution is 8.14. The standard InChI is InChI=1S/C13H21N3O4S/c1-8(2)21-13(19)11(6-5-10(17)7-15-14)16-12(18)9(3)20-4/h7-9,11H,5-6H2,1-4H3,(H,16,18)/t9-,11-/m0/s1/i1D3/t8?,9-,11-. The Morgan fingerprint density at radius 1 is 1.48 bits per heavy atom. The summed E-state index contributed by atoms with van der Waals surface area (Å²) >= 11 is 0.590. The third-order valence-electron chi connectivity index (χ3n) is 2.50. The number of nitrogens with zero attached hydrogens (tertiary/aromatic N) is 2. The van der Waals surface area contributed by atoms with Crippen LogP contribution in [0, 0.1) is 0 Å². The number of nitrogens with one attached hydrogen (secondary N) is 1. The zero-order chi connectivity index (χ0) is 18.9. The summed E-state index contributed by atoms with van der Waals surface area (Å²) in [5.41, 5.74) is 8.30. The number of Topliss-reactive ketones (excluding diaryl/α,β-unsaturated/α-hetero) is 1. The van der Waals surface area contributed by atoms with Crippen LogP contribution in [0.25, 0.3) is 5.53 Å². The summed E-state index contributed by atoms with van der Waals surface area (Å²) in [4.78, 5) is 38.1. The summed E-state index contributed by atoms with van der Waals surface area (Å²) in [7, 11) is 1.33. The van der Waals surface area contributed by atoms with E-state index in [0.29, 0.717) is 18.0 Å². The van der Waals surface area contributed by atoms with Gasteiger partial charge in [0.25, 0.3) is 0 Å². The van der Waals surface area contributed by atoms with Crippen molar-refractivity contribution in [2.75, 3.05) is 7.11 Å². The van der Waals surface area contributed by atoms with Crippen molar-refractivity contribution in [1.29, 1.82) is 0 Å². The van der Waals surface area contributed by atoms with Gasteiger partial charge < -0.3 is 15.6 Å². The molecule has 3 atom stereocenters. The average molecular weight is 318 g/mol. The molecule has 0 radical (unpaired) electrons. The van der Waals surface area contributed by atoms with Crippen molar-refractivity contribution in [2.45, 2.75) is 50.9 Å². The number of hydrogen-bond acceptors (Lipinski definition) is 5. The molecule has 0 aliphatic carbocycles. The fourth-order valence-electron chi connectivity index (χ4n) is 1.32. The van der Waals surface area contributed by atoms with Gasteiger partial charge in [-0.25, -0.2) is 0 Å². The minimum Gasteiger partial charge on any atom is -0.372 e. The van der Waals surface area contributed by atoms with Crippen molar-refractivity contribution >= 4 is 34.8 Å². The van der Waals surface area contributed by atoms with Gasteiger partial charge in [-0.15, -0.1) is 0 Å². The van der Waals surface area contributed by atoms with Crippen LogP contribution in [0.5, 0.6) is 0 Å². The lowest BCUT2D eigenvalue weighted by molar-refractivity contribution is -0.132. The summed E-state index contributed by atoms with van der Waals surface area (Å²) in [5.74, 6) is -1.08. The van der Waals surface area contributed by atoms with Crippen LogP contribution in [0.2, 0.25) is 0 Å². The molecule has 0 spiro atoms. The third-order valence-corrected chi connectivity index (χ3v) is 3.37. The van der Waals surface area contributed by atoms with Crippen LogP contribution in [0.4, 0.5) is 0 Å². The number of methoxy groups -OCH3 is 1. The van der Waals surface area contributed by atoms with Crippen LogP contribution in [-0.2, 0) is 19.1 Å². The van der Waals surface area contributed by atoms with Gasteiger partial charge in [-0.1, -0.05) is 25.5 Å². The normalized spacial score (nSPS) is 17.2. The average Bonchev–Trinajstić information content (AvgIpc) is 2.49. The molecule has 0 aromatic rings. The molecule has 0 bridgehead atoms. The van der Waals surface area contributed by atoms with Crippen molar-refractivity contribution in [3.63, 3.8) is 0 Å². The van der Waals surface area contributed by atoms with Gasteiger partial charge in [0.15, 0.2) is 0 Å². The van der Waals surface area contributed by atoms with E-state index in [1.54, 1.807) is 0 Å². The first-order valence-corrected chi connectivity index (χ1v) is 7.14. The summed E-state index contributed by atoms with van der Waals surface area (Å²) in [6, 6.07) is -1.05. The number of carbonyl (C=O) groups is 3. The lowest BCUT2D eigenvalue weighted by atomic mass is 10.1. The fourth-order valence-corrected chi connectivity index (χ4v) is 2.01. The highest BCUT2D eigenvalue weighted by atomic mass is 32.2. The number of hydrogen-bond donors (Lipinski definition) is 1. The second-order valence-electron chi connectivity index (χ2n) is 4.27. The molecule has 0 aliphatic rings. The monoisotopic (exact) mass is 318 g/mol. The van der Waals surface area contributed by atoms with Crippen molar-refractivity contribution in [2.24, 2.45) is 0 Å².